The quantitative estimate of drug-likeness (QED) is 0.765. The van der Waals surface area contributed by atoms with E-state index in [9.17, 15) is 0 Å². The molecular formula is C17H23NS2. The van der Waals surface area contributed by atoms with Gasteiger partial charge in [0.25, 0.3) is 0 Å². The molecule has 1 fully saturated rings. The Morgan fingerprint density at radius 2 is 2.05 bits per heavy atom. The maximum Gasteiger partial charge on any atom is 0.0351 e. The summed E-state index contributed by atoms with van der Waals surface area (Å²) in [5, 5.41) is 8.11. The van der Waals surface area contributed by atoms with E-state index < -0.39 is 0 Å². The Morgan fingerprint density at radius 3 is 2.80 bits per heavy atom. The highest BCUT2D eigenvalue weighted by Gasteiger charge is 2.25. The molecule has 0 unspecified atom stereocenters. The van der Waals surface area contributed by atoms with Crippen LogP contribution in [0.25, 0.3) is 10.4 Å². The summed E-state index contributed by atoms with van der Waals surface area (Å²) in [4.78, 5) is 2.83. The Bertz CT molecular complexity index is 521. The number of hydrogen-bond acceptors (Lipinski definition) is 3. The molecule has 3 rings (SSSR count). The first-order valence-electron chi connectivity index (χ1n) is 7.57. The Kier molecular flexibility index (Phi) is 4.59. The monoisotopic (exact) mass is 305 g/mol. The van der Waals surface area contributed by atoms with E-state index in [4.69, 9.17) is 0 Å². The van der Waals surface area contributed by atoms with Crippen LogP contribution in [0.15, 0.2) is 29.0 Å². The molecule has 1 aliphatic rings. The first kappa shape index (κ1) is 14.3. The largest absolute Gasteiger partial charge is 0.311 e. The molecule has 1 saturated carbocycles. The standard InChI is InChI=1S/C17H23NS2/c1-17(7-3-2-4-8-17)13-18-11-15-10-14(12-20-15)16-6-5-9-19-16/h5-6,9-10,12,18H,2-4,7-8,11,13H2,1H3. The van der Waals surface area contributed by atoms with Gasteiger partial charge < -0.3 is 5.32 Å². The molecule has 0 aromatic carbocycles. The zero-order valence-electron chi connectivity index (χ0n) is 12.2. The Morgan fingerprint density at radius 1 is 1.20 bits per heavy atom. The number of nitrogens with one attached hydrogen (secondary N) is 1. The van der Waals surface area contributed by atoms with Crippen molar-refractivity contribution in [2.45, 2.75) is 45.6 Å². The van der Waals surface area contributed by atoms with Crippen LogP contribution >= 0.6 is 22.7 Å². The molecule has 2 aromatic heterocycles. The Hall–Kier alpha value is -0.640. The third kappa shape index (κ3) is 3.51. The molecule has 108 valence electrons. The zero-order chi connectivity index (χ0) is 13.8. The molecule has 3 heteroatoms. The van der Waals surface area contributed by atoms with Crippen LogP contribution in [0.4, 0.5) is 0 Å². The summed E-state index contributed by atoms with van der Waals surface area (Å²) in [6, 6.07) is 6.67. The van der Waals surface area contributed by atoms with Crippen LogP contribution in [0.1, 0.15) is 43.9 Å². The van der Waals surface area contributed by atoms with Crippen LogP contribution in [0.5, 0.6) is 0 Å². The maximum atomic E-state index is 3.68. The van der Waals surface area contributed by atoms with E-state index in [0.717, 1.165) is 6.54 Å². The molecule has 0 atom stereocenters. The van der Waals surface area contributed by atoms with Crippen LogP contribution in [-0.2, 0) is 6.54 Å². The zero-order valence-corrected chi connectivity index (χ0v) is 13.8. The number of hydrogen-bond donors (Lipinski definition) is 1. The Labute approximate surface area is 130 Å². The van der Waals surface area contributed by atoms with Crippen LogP contribution in [0, 0.1) is 5.41 Å². The first-order chi connectivity index (χ1) is 9.75. The minimum Gasteiger partial charge on any atom is -0.311 e. The fraction of sp³-hybridized carbons (Fsp3) is 0.529. The molecule has 0 saturated heterocycles. The minimum atomic E-state index is 0.534. The van der Waals surface area contributed by atoms with Gasteiger partial charge in [-0.3, -0.25) is 0 Å². The predicted octanol–water partition coefficient (Wildman–Crippen LogP) is 5.54. The van der Waals surface area contributed by atoms with Gasteiger partial charge in [0.05, 0.1) is 0 Å². The average molecular weight is 306 g/mol. The molecule has 2 heterocycles. The van der Waals surface area contributed by atoms with E-state index >= 15 is 0 Å². The van der Waals surface area contributed by atoms with Crippen molar-refractivity contribution in [3.8, 4) is 10.4 Å². The van der Waals surface area contributed by atoms with Crippen molar-refractivity contribution in [2.75, 3.05) is 6.54 Å². The topological polar surface area (TPSA) is 12.0 Å². The second-order valence-corrected chi connectivity index (χ2v) is 8.20. The van der Waals surface area contributed by atoms with Crippen molar-refractivity contribution in [3.63, 3.8) is 0 Å². The lowest BCUT2D eigenvalue weighted by Crippen LogP contribution is -2.33. The molecule has 0 aliphatic heterocycles. The molecule has 0 amide bonds. The van der Waals surface area contributed by atoms with Gasteiger partial charge in [-0.15, -0.1) is 22.7 Å². The van der Waals surface area contributed by atoms with Gasteiger partial charge in [-0.1, -0.05) is 32.3 Å². The van der Waals surface area contributed by atoms with Gasteiger partial charge in [-0.25, -0.2) is 0 Å². The SMILES string of the molecule is CC1(CNCc2cc(-c3cccs3)cs2)CCCCC1. The summed E-state index contributed by atoms with van der Waals surface area (Å²) in [5.74, 6) is 0. The summed E-state index contributed by atoms with van der Waals surface area (Å²) in [6.07, 6.45) is 7.06. The summed E-state index contributed by atoms with van der Waals surface area (Å²) in [6.45, 7) is 4.63. The van der Waals surface area contributed by atoms with Crippen LogP contribution in [-0.4, -0.2) is 6.54 Å². The van der Waals surface area contributed by atoms with E-state index in [1.807, 2.05) is 22.7 Å². The highest BCUT2D eigenvalue weighted by atomic mass is 32.1. The summed E-state index contributed by atoms with van der Waals surface area (Å²) >= 11 is 3.70. The maximum absolute atomic E-state index is 3.68. The van der Waals surface area contributed by atoms with Gasteiger partial charge in [-0.05, 0) is 41.1 Å². The predicted molar refractivity (Wildman–Crippen MR) is 90.5 cm³/mol. The average Bonchev–Trinajstić information content (AvgIpc) is 3.09. The smallest absolute Gasteiger partial charge is 0.0351 e. The normalized spacial score (nSPS) is 18.2. The van der Waals surface area contributed by atoms with Crippen LogP contribution in [0.2, 0.25) is 0 Å². The van der Waals surface area contributed by atoms with Gasteiger partial charge >= 0.3 is 0 Å². The Balaban J connectivity index is 1.51. The van der Waals surface area contributed by atoms with E-state index in [-0.39, 0.29) is 0 Å². The lowest BCUT2D eigenvalue weighted by molar-refractivity contribution is 0.208. The second-order valence-electron chi connectivity index (χ2n) is 6.25. The van der Waals surface area contributed by atoms with Crippen molar-refractivity contribution in [1.82, 2.24) is 5.32 Å². The number of rotatable bonds is 5. The second kappa shape index (κ2) is 6.42. The van der Waals surface area contributed by atoms with Gasteiger partial charge in [0.2, 0.25) is 0 Å². The molecule has 0 radical (unpaired) electrons. The molecule has 1 N–H and O–H groups in total. The lowest BCUT2D eigenvalue weighted by Gasteiger charge is -2.33. The highest BCUT2D eigenvalue weighted by Crippen LogP contribution is 2.35. The molecular weight excluding hydrogens is 282 g/mol. The van der Waals surface area contributed by atoms with Gasteiger partial charge in [-0.2, -0.15) is 0 Å². The molecule has 0 bridgehead atoms. The molecule has 20 heavy (non-hydrogen) atoms. The molecule has 2 aromatic rings. The molecule has 0 spiro atoms. The van der Waals surface area contributed by atoms with Crippen molar-refractivity contribution in [3.05, 3.63) is 33.8 Å². The van der Waals surface area contributed by atoms with Crippen molar-refractivity contribution < 1.29 is 0 Å². The van der Waals surface area contributed by atoms with E-state index in [0.29, 0.717) is 5.41 Å². The van der Waals surface area contributed by atoms with Gasteiger partial charge in [0, 0.05) is 28.4 Å². The van der Waals surface area contributed by atoms with E-state index in [1.165, 1.54) is 54.0 Å². The summed E-state index contributed by atoms with van der Waals surface area (Å²) in [7, 11) is 0. The van der Waals surface area contributed by atoms with E-state index in [2.05, 4.69) is 41.2 Å². The third-order valence-electron chi connectivity index (χ3n) is 4.37. The lowest BCUT2D eigenvalue weighted by atomic mass is 9.76. The van der Waals surface area contributed by atoms with Crippen molar-refractivity contribution >= 4 is 22.7 Å². The first-order valence-corrected chi connectivity index (χ1v) is 9.33. The summed E-state index contributed by atoms with van der Waals surface area (Å²) < 4.78 is 0. The summed E-state index contributed by atoms with van der Waals surface area (Å²) in [5.41, 5.74) is 1.91. The minimum absolute atomic E-state index is 0.534. The van der Waals surface area contributed by atoms with Gasteiger partial charge in [0.1, 0.15) is 0 Å². The van der Waals surface area contributed by atoms with Crippen LogP contribution in [0.3, 0.4) is 0 Å². The van der Waals surface area contributed by atoms with E-state index in [1.54, 1.807) is 0 Å². The molecule has 1 aliphatic carbocycles. The molecule has 1 nitrogen and oxygen atoms in total. The fourth-order valence-electron chi connectivity index (χ4n) is 3.11. The third-order valence-corrected chi connectivity index (χ3v) is 6.23. The van der Waals surface area contributed by atoms with Gasteiger partial charge in [0.15, 0.2) is 0 Å². The van der Waals surface area contributed by atoms with Crippen LogP contribution < -0.4 is 5.32 Å². The highest BCUT2D eigenvalue weighted by molar-refractivity contribution is 7.14. The van der Waals surface area contributed by atoms with Crippen molar-refractivity contribution in [1.29, 1.82) is 0 Å². The van der Waals surface area contributed by atoms with Crippen molar-refractivity contribution in [2.24, 2.45) is 5.41 Å². The number of thiophene rings is 2. The fourth-order valence-corrected chi connectivity index (χ4v) is 4.76.